The Balaban J connectivity index is 0.000000416. The number of aliphatic carboxylic acids is 1. The molecule has 5 aliphatic carbocycles. The molecule has 0 spiro atoms. The highest BCUT2D eigenvalue weighted by Crippen LogP contribution is 2.78. The number of aliphatic hydroxyl groups is 4. The maximum absolute atomic E-state index is 13.3. The number of hydrogen-bond acceptors (Lipinski definition) is 7. The van der Waals surface area contributed by atoms with Gasteiger partial charge in [0.05, 0.1) is 31.3 Å². The van der Waals surface area contributed by atoms with Crippen LogP contribution in [0, 0.1) is 62.6 Å². The predicted molar refractivity (Wildman–Crippen MR) is 175 cm³/mol. The molecule has 46 heavy (non-hydrogen) atoms. The van der Waals surface area contributed by atoms with Crippen LogP contribution in [0.3, 0.4) is 0 Å². The maximum atomic E-state index is 13.3. The van der Waals surface area contributed by atoms with Crippen LogP contribution in [0.2, 0.25) is 0 Å². The number of carbonyl (C=O) groups excluding carboxylic acids is 2. The summed E-state index contributed by atoms with van der Waals surface area (Å²) < 4.78 is 0. The number of fused-ring (bicyclic) bond motifs is 7. The molecular formula is C37H61NO8. The van der Waals surface area contributed by atoms with Crippen molar-refractivity contribution in [1.82, 2.24) is 5.32 Å². The lowest BCUT2D eigenvalue weighted by Gasteiger charge is -2.73. The Labute approximate surface area is 275 Å². The second-order valence-electron chi connectivity index (χ2n) is 17.3. The Morgan fingerprint density at radius 2 is 1.48 bits per heavy atom. The first kappa shape index (κ1) is 37.0. The summed E-state index contributed by atoms with van der Waals surface area (Å²) in [7, 11) is 0. The van der Waals surface area contributed by atoms with E-state index in [0.717, 1.165) is 50.5 Å². The fourth-order valence-electron chi connectivity index (χ4n) is 12.5. The summed E-state index contributed by atoms with van der Waals surface area (Å²) in [4.78, 5) is 36.3. The quantitative estimate of drug-likeness (QED) is 0.167. The van der Waals surface area contributed by atoms with Crippen molar-refractivity contribution in [2.45, 2.75) is 118 Å². The van der Waals surface area contributed by atoms with E-state index < -0.39 is 42.7 Å². The van der Waals surface area contributed by atoms with Gasteiger partial charge in [-0.15, -0.1) is 0 Å². The zero-order valence-electron chi connectivity index (χ0n) is 29.3. The molecule has 0 bridgehead atoms. The zero-order chi connectivity index (χ0) is 34.7. The average molecular weight is 648 g/mol. The summed E-state index contributed by atoms with van der Waals surface area (Å²) in [5.74, 6) is 0.407. The highest BCUT2D eigenvalue weighted by atomic mass is 16.4. The van der Waals surface area contributed by atoms with E-state index in [1.165, 1.54) is 0 Å². The second-order valence-corrected chi connectivity index (χ2v) is 17.3. The van der Waals surface area contributed by atoms with Crippen molar-refractivity contribution in [3.8, 4) is 0 Å². The van der Waals surface area contributed by atoms with Crippen molar-refractivity contribution >= 4 is 18.2 Å². The molecule has 0 heterocycles. The Morgan fingerprint density at radius 1 is 0.870 bits per heavy atom. The van der Waals surface area contributed by atoms with Crippen molar-refractivity contribution in [3.63, 3.8) is 0 Å². The number of carbonyl (C=O) groups is 3. The summed E-state index contributed by atoms with van der Waals surface area (Å²) in [6.45, 7) is 18.6. The molecule has 0 aromatic rings. The molecule has 6 N–H and O–H groups in total. The van der Waals surface area contributed by atoms with Crippen molar-refractivity contribution < 1.29 is 39.9 Å². The van der Waals surface area contributed by atoms with Crippen LogP contribution in [0.25, 0.3) is 0 Å². The molecule has 11 atom stereocenters. The fraction of sp³-hybridized carbons (Fsp3) is 0.865. The Hall–Kier alpha value is -1.81. The Bertz CT molecular complexity index is 1190. The van der Waals surface area contributed by atoms with Crippen LogP contribution in [0.4, 0.5) is 0 Å². The van der Waals surface area contributed by atoms with Crippen LogP contribution in [-0.4, -0.2) is 75.2 Å². The van der Waals surface area contributed by atoms with Crippen molar-refractivity contribution in [2.24, 2.45) is 62.6 Å². The summed E-state index contributed by atoms with van der Waals surface area (Å²) in [5.41, 5.74) is -1.07. The molecule has 9 heteroatoms. The van der Waals surface area contributed by atoms with E-state index in [4.69, 9.17) is 15.3 Å². The average Bonchev–Trinajstić information content (AvgIpc) is 3.40. The minimum absolute atomic E-state index is 0.00641. The summed E-state index contributed by atoms with van der Waals surface area (Å²) in [6, 6.07) is 0. The third-order valence-electron chi connectivity index (χ3n) is 15.3. The van der Waals surface area contributed by atoms with E-state index in [0.29, 0.717) is 37.0 Å². The van der Waals surface area contributed by atoms with Gasteiger partial charge in [0.15, 0.2) is 0 Å². The van der Waals surface area contributed by atoms with Crippen molar-refractivity contribution in [3.05, 3.63) is 12.2 Å². The number of aliphatic hydroxyl groups excluding tert-OH is 4. The number of Topliss-reactive ketones (excluding diaryl/α,β-unsaturated/α-hetero) is 1. The van der Waals surface area contributed by atoms with E-state index in [2.05, 4.69) is 53.4 Å². The number of nitrogens with one attached hydrogen (secondary N) is 1. The van der Waals surface area contributed by atoms with Gasteiger partial charge in [0, 0.05) is 5.92 Å². The van der Waals surface area contributed by atoms with Crippen LogP contribution in [0.5, 0.6) is 0 Å². The van der Waals surface area contributed by atoms with Gasteiger partial charge in [0.1, 0.15) is 11.3 Å². The van der Waals surface area contributed by atoms with Gasteiger partial charge < -0.3 is 30.8 Å². The lowest BCUT2D eigenvalue weighted by atomic mass is 9.31. The van der Waals surface area contributed by atoms with Gasteiger partial charge in [-0.3, -0.25) is 14.4 Å². The number of carboxylic acid groups (broad SMARTS) is 1. The number of ketones is 1. The molecule has 9 nitrogen and oxygen atoms in total. The molecule has 5 saturated carbocycles. The number of allylic oxidation sites excluding steroid dienone is 1. The summed E-state index contributed by atoms with van der Waals surface area (Å²) in [5, 5.41) is 49.5. The molecule has 1 unspecified atom stereocenters. The number of carboxylic acids is 1. The van der Waals surface area contributed by atoms with Crippen LogP contribution in [0.15, 0.2) is 12.2 Å². The first-order chi connectivity index (χ1) is 21.3. The van der Waals surface area contributed by atoms with E-state index in [1.54, 1.807) is 6.92 Å². The largest absolute Gasteiger partial charge is 0.481 e. The van der Waals surface area contributed by atoms with Crippen molar-refractivity contribution in [2.75, 3.05) is 19.8 Å². The Kier molecular flexibility index (Phi) is 10.1. The minimum Gasteiger partial charge on any atom is -0.481 e. The van der Waals surface area contributed by atoms with E-state index in [1.807, 2.05) is 0 Å². The summed E-state index contributed by atoms with van der Waals surface area (Å²) >= 11 is 0. The zero-order valence-corrected chi connectivity index (χ0v) is 29.3. The highest BCUT2D eigenvalue weighted by Gasteiger charge is 2.74. The lowest BCUT2D eigenvalue weighted by Crippen LogP contribution is -2.68. The van der Waals surface area contributed by atoms with Gasteiger partial charge in [-0.05, 0) is 123 Å². The van der Waals surface area contributed by atoms with Gasteiger partial charge in [-0.25, -0.2) is 0 Å². The molecule has 0 saturated heterocycles. The van der Waals surface area contributed by atoms with Crippen LogP contribution >= 0.6 is 0 Å². The van der Waals surface area contributed by atoms with Crippen LogP contribution in [0.1, 0.15) is 106 Å². The van der Waals surface area contributed by atoms with E-state index in [-0.39, 0.29) is 45.4 Å². The van der Waals surface area contributed by atoms with Crippen LogP contribution in [-0.2, 0) is 14.4 Å². The van der Waals surface area contributed by atoms with Gasteiger partial charge in [-0.1, -0.05) is 46.8 Å². The monoisotopic (exact) mass is 647 g/mol. The molecule has 0 aliphatic heterocycles. The SMILES string of the molecule is C=C(C)[C@@H]1CC[C@]2(C(=O)O)C(C(C)=O)C[C@]3(C)[C@H](CC[C@@H]4[C@@]5(C)CC[C@H](O)C(C)(C)[C@@H]5CC[C@]43C)[C@@H]12.O=CNC(CO)(CO)CO. The number of amides is 1. The third kappa shape index (κ3) is 5.12. The maximum Gasteiger partial charge on any atom is 0.310 e. The number of hydrogen-bond donors (Lipinski definition) is 6. The smallest absolute Gasteiger partial charge is 0.310 e. The third-order valence-corrected chi connectivity index (χ3v) is 15.3. The van der Waals surface area contributed by atoms with Gasteiger partial charge >= 0.3 is 5.97 Å². The number of rotatable bonds is 8. The van der Waals surface area contributed by atoms with Gasteiger partial charge in [-0.2, -0.15) is 0 Å². The molecule has 5 fully saturated rings. The predicted octanol–water partition coefficient (Wildman–Crippen LogP) is 4.35. The normalized spacial score (nSPS) is 44.2. The molecule has 1 amide bonds. The molecule has 0 aromatic heterocycles. The van der Waals surface area contributed by atoms with Gasteiger partial charge in [0.2, 0.25) is 6.41 Å². The fourth-order valence-corrected chi connectivity index (χ4v) is 12.5. The van der Waals surface area contributed by atoms with Gasteiger partial charge in [0.25, 0.3) is 0 Å². The van der Waals surface area contributed by atoms with Crippen molar-refractivity contribution in [1.29, 1.82) is 0 Å². The standard InChI is InChI=1S/C32H50O4.C5H11NO4/c1-18(2)20-11-16-32(27(35)36)22(19(3)33)17-31(8)21(26(20)32)9-10-24-29(6)14-13-25(34)28(4,5)23(29)12-15-30(24,31)7;7-1-5(2-8,3-9)6-4-10/h20-26,34H,1,9-17H2,2-8H3,(H,35,36);4,7-9H,1-3H2,(H,6,10)/t20-,21+,22?,23-,24+,25-,26+,29-,30+,31+,32-;/m0./s1. The first-order valence-corrected chi connectivity index (χ1v) is 17.4. The molecule has 0 aromatic carbocycles. The first-order valence-electron chi connectivity index (χ1n) is 17.4. The summed E-state index contributed by atoms with van der Waals surface area (Å²) in [6.07, 6.45) is 8.57. The molecule has 5 aliphatic rings. The second kappa shape index (κ2) is 12.6. The minimum atomic E-state index is -1.28. The molecule has 262 valence electrons. The molecule has 5 rings (SSSR count). The Morgan fingerprint density at radius 3 is 1.96 bits per heavy atom. The molecule has 0 radical (unpaired) electrons. The van der Waals surface area contributed by atoms with E-state index in [9.17, 15) is 24.6 Å². The lowest BCUT2D eigenvalue weighted by molar-refractivity contribution is -0.255. The highest BCUT2D eigenvalue weighted by molar-refractivity contribution is 5.88. The topological polar surface area (TPSA) is 164 Å². The van der Waals surface area contributed by atoms with E-state index >= 15 is 0 Å². The van der Waals surface area contributed by atoms with Crippen LogP contribution < -0.4 is 5.32 Å². The molecular weight excluding hydrogens is 586 g/mol.